The fourth-order valence-corrected chi connectivity index (χ4v) is 4.54. The van der Waals surface area contributed by atoms with Gasteiger partial charge in [0.1, 0.15) is 5.75 Å². The van der Waals surface area contributed by atoms with E-state index in [2.05, 4.69) is 78.2 Å². The maximum Gasteiger partial charge on any atom is 0.118 e. The Morgan fingerprint density at radius 3 is 2.53 bits per heavy atom. The van der Waals surface area contributed by atoms with Crippen molar-refractivity contribution in [2.45, 2.75) is 13.8 Å². The van der Waals surface area contributed by atoms with Crippen LogP contribution in [0.5, 0.6) is 5.75 Å². The first-order chi connectivity index (χ1) is 14.6. The van der Waals surface area contributed by atoms with Crippen LogP contribution in [0.2, 0.25) is 0 Å². The predicted molar refractivity (Wildman–Crippen MR) is 127 cm³/mol. The van der Waals surface area contributed by atoms with Crippen LogP contribution in [-0.2, 0) is 0 Å². The lowest BCUT2D eigenvalue weighted by atomic mass is 10.0. The summed E-state index contributed by atoms with van der Waals surface area (Å²) in [6.07, 6.45) is 8.34. The van der Waals surface area contributed by atoms with Crippen LogP contribution in [0.4, 0.5) is 0 Å². The van der Waals surface area contributed by atoms with Gasteiger partial charge in [-0.3, -0.25) is 0 Å². The van der Waals surface area contributed by atoms with Crippen molar-refractivity contribution < 1.29 is 4.74 Å². The molecule has 30 heavy (non-hydrogen) atoms. The Morgan fingerprint density at radius 1 is 1.03 bits per heavy atom. The van der Waals surface area contributed by atoms with Gasteiger partial charge in [-0.15, -0.1) is 11.3 Å². The highest BCUT2D eigenvalue weighted by Gasteiger charge is 2.15. The standard InChI is InChI=1S/C26H22N2OS/c1-18(17-27)16-23-12-11-22(30-23)13-14-25-26(20-7-9-21(29-3)10-8-20)19(2)24-6-4-5-15-28(24)25/h4-16H,1-3H3/b14-13+,18-16-. The molecule has 0 saturated heterocycles. The highest BCUT2D eigenvalue weighted by Crippen LogP contribution is 2.35. The zero-order chi connectivity index (χ0) is 21.1. The first kappa shape index (κ1) is 19.8. The van der Waals surface area contributed by atoms with Gasteiger partial charge in [0.05, 0.1) is 18.9 Å². The van der Waals surface area contributed by atoms with Crippen molar-refractivity contribution in [2.75, 3.05) is 7.11 Å². The molecule has 0 aliphatic heterocycles. The van der Waals surface area contributed by atoms with Crippen molar-refractivity contribution in [1.82, 2.24) is 4.40 Å². The fourth-order valence-electron chi connectivity index (χ4n) is 3.63. The van der Waals surface area contributed by atoms with Crippen molar-refractivity contribution in [2.24, 2.45) is 0 Å². The van der Waals surface area contributed by atoms with Gasteiger partial charge >= 0.3 is 0 Å². The Hall–Kier alpha value is -3.55. The lowest BCUT2D eigenvalue weighted by Crippen LogP contribution is -1.87. The average Bonchev–Trinajstić information content (AvgIpc) is 3.34. The molecule has 3 aromatic heterocycles. The molecular weight excluding hydrogens is 388 g/mol. The summed E-state index contributed by atoms with van der Waals surface area (Å²) in [4.78, 5) is 2.23. The molecule has 0 bridgehead atoms. The van der Waals surface area contributed by atoms with Crippen LogP contribution in [0, 0.1) is 18.3 Å². The number of rotatable bonds is 5. The molecule has 0 saturated carbocycles. The zero-order valence-electron chi connectivity index (χ0n) is 17.2. The summed E-state index contributed by atoms with van der Waals surface area (Å²) in [6.45, 7) is 4.00. The first-order valence-corrected chi connectivity index (χ1v) is 10.5. The second kappa shape index (κ2) is 8.44. The second-order valence-corrected chi connectivity index (χ2v) is 8.23. The molecule has 0 atom stereocenters. The van der Waals surface area contributed by atoms with Crippen molar-refractivity contribution in [1.29, 1.82) is 5.26 Å². The van der Waals surface area contributed by atoms with Crippen molar-refractivity contribution >= 4 is 35.1 Å². The van der Waals surface area contributed by atoms with Gasteiger partial charge in [-0.25, -0.2) is 0 Å². The number of nitriles is 1. The monoisotopic (exact) mass is 410 g/mol. The summed E-state index contributed by atoms with van der Waals surface area (Å²) in [6, 6.07) is 20.8. The number of hydrogen-bond donors (Lipinski definition) is 0. The SMILES string of the molecule is COc1ccc(-c2c(C)c3ccccn3c2/C=C/c2ccc(/C=C(/C)C#N)s2)cc1. The molecule has 148 valence electrons. The highest BCUT2D eigenvalue weighted by atomic mass is 32.1. The van der Waals surface area contributed by atoms with Crippen LogP contribution in [0.3, 0.4) is 0 Å². The molecule has 0 N–H and O–H groups in total. The topological polar surface area (TPSA) is 37.4 Å². The van der Waals surface area contributed by atoms with Crippen LogP contribution in [0.15, 0.2) is 66.4 Å². The molecular formula is C26H22N2OS. The summed E-state index contributed by atoms with van der Waals surface area (Å²) >= 11 is 1.67. The third kappa shape index (κ3) is 3.80. The fraction of sp³-hybridized carbons (Fsp3) is 0.115. The van der Waals surface area contributed by atoms with Gasteiger partial charge in [0.15, 0.2) is 0 Å². The van der Waals surface area contributed by atoms with Gasteiger partial charge < -0.3 is 9.14 Å². The molecule has 4 rings (SSSR count). The van der Waals surface area contributed by atoms with E-state index in [9.17, 15) is 0 Å². The summed E-state index contributed by atoms with van der Waals surface area (Å²) in [5, 5.41) is 8.99. The van der Waals surface area contributed by atoms with Crippen LogP contribution >= 0.6 is 11.3 Å². The van der Waals surface area contributed by atoms with E-state index >= 15 is 0 Å². The largest absolute Gasteiger partial charge is 0.497 e. The number of hydrogen-bond acceptors (Lipinski definition) is 3. The molecule has 0 aliphatic rings. The third-order valence-electron chi connectivity index (χ3n) is 5.10. The van der Waals surface area contributed by atoms with Gasteiger partial charge in [0.25, 0.3) is 0 Å². The van der Waals surface area contributed by atoms with Gasteiger partial charge in [-0.1, -0.05) is 18.2 Å². The highest BCUT2D eigenvalue weighted by molar-refractivity contribution is 7.13. The predicted octanol–water partition coefficient (Wildman–Crippen LogP) is 7.08. The molecule has 4 heteroatoms. The van der Waals surface area contributed by atoms with Crippen molar-refractivity contribution in [3.63, 3.8) is 0 Å². The number of thiophene rings is 1. The average molecular weight is 411 g/mol. The number of aryl methyl sites for hydroxylation is 1. The maximum atomic E-state index is 8.99. The quantitative estimate of drug-likeness (QED) is 0.330. The molecule has 0 amide bonds. The number of allylic oxidation sites excluding steroid dienone is 1. The Labute approximate surface area is 180 Å². The van der Waals surface area contributed by atoms with E-state index in [1.165, 1.54) is 16.6 Å². The van der Waals surface area contributed by atoms with E-state index in [-0.39, 0.29) is 0 Å². The van der Waals surface area contributed by atoms with Crippen molar-refractivity contribution in [3.8, 4) is 22.9 Å². The normalized spacial score (nSPS) is 11.9. The van der Waals surface area contributed by atoms with Crippen LogP contribution < -0.4 is 4.74 Å². The third-order valence-corrected chi connectivity index (χ3v) is 6.10. The lowest BCUT2D eigenvalue weighted by Gasteiger charge is -2.06. The van der Waals surface area contributed by atoms with Crippen LogP contribution in [0.25, 0.3) is 34.9 Å². The van der Waals surface area contributed by atoms with Gasteiger partial charge in [0, 0.05) is 32.6 Å². The molecule has 4 aromatic rings. The molecule has 0 unspecified atom stereocenters. The Bertz CT molecular complexity index is 1300. The minimum absolute atomic E-state index is 0.711. The van der Waals surface area contributed by atoms with Crippen LogP contribution in [0.1, 0.15) is 27.9 Å². The number of fused-ring (bicyclic) bond motifs is 1. The maximum absolute atomic E-state index is 8.99. The molecule has 0 spiro atoms. The molecule has 3 nitrogen and oxygen atoms in total. The molecule has 0 aliphatic carbocycles. The summed E-state index contributed by atoms with van der Waals surface area (Å²) in [7, 11) is 1.68. The lowest BCUT2D eigenvalue weighted by molar-refractivity contribution is 0.415. The van der Waals surface area contributed by atoms with Gasteiger partial charge in [-0.05, 0) is 79.6 Å². The van der Waals surface area contributed by atoms with E-state index in [1.54, 1.807) is 18.4 Å². The number of ether oxygens (including phenoxy) is 1. The molecule has 3 heterocycles. The second-order valence-electron chi connectivity index (χ2n) is 7.08. The summed E-state index contributed by atoms with van der Waals surface area (Å²) in [5.74, 6) is 0.851. The number of methoxy groups -OCH3 is 1. The Morgan fingerprint density at radius 2 is 1.80 bits per heavy atom. The van der Waals surface area contributed by atoms with E-state index in [0.29, 0.717) is 5.57 Å². The Balaban J connectivity index is 1.80. The minimum Gasteiger partial charge on any atom is -0.497 e. The molecule has 0 fully saturated rings. The van der Waals surface area contributed by atoms with Gasteiger partial charge in [-0.2, -0.15) is 5.26 Å². The minimum atomic E-state index is 0.711. The van der Waals surface area contributed by atoms with E-state index in [4.69, 9.17) is 10.00 Å². The number of benzene rings is 1. The van der Waals surface area contributed by atoms with E-state index in [0.717, 1.165) is 26.8 Å². The first-order valence-electron chi connectivity index (χ1n) is 9.71. The van der Waals surface area contributed by atoms with E-state index in [1.807, 2.05) is 25.1 Å². The van der Waals surface area contributed by atoms with Crippen molar-refractivity contribution in [3.05, 3.63) is 87.4 Å². The van der Waals surface area contributed by atoms with E-state index < -0.39 is 0 Å². The summed E-state index contributed by atoms with van der Waals surface area (Å²) < 4.78 is 7.56. The summed E-state index contributed by atoms with van der Waals surface area (Å²) in [5.41, 5.74) is 6.69. The Kier molecular flexibility index (Phi) is 5.56. The zero-order valence-corrected chi connectivity index (χ0v) is 18.0. The number of aromatic nitrogens is 1. The molecule has 1 aromatic carbocycles. The van der Waals surface area contributed by atoms with Crippen LogP contribution in [-0.4, -0.2) is 11.5 Å². The molecule has 0 radical (unpaired) electrons. The number of nitrogens with zero attached hydrogens (tertiary/aromatic N) is 2. The van der Waals surface area contributed by atoms with Gasteiger partial charge in [0.2, 0.25) is 0 Å². The number of pyridine rings is 1. The smallest absolute Gasteiger partial charge is 0.118 e.